The lowest BCUT2D eigenvalue weighted by Crippen LogP contribution is -2.37. The van der Waals surface area contributed by atoms with Crippen LogP contribution in [0.25, 0.3) is 0 Å². The van der Waals surface area contributed by atoms with Crippen LogP contribution in [-0.2, 0) is 34.9 Å². The van der Waals surface area contributed by atoms with E-state index in [2.05, 4.69) is 0 Å². The first-order chi connectivity index (χ1) is 17.2. The van der Waals surface area contributed by atoms with E-state index in [-0.39, 0.29) is 44.3 Å². The highest BCUT2D eigenvalue weighted by molar-refractivity contribution is 5.76. The van der Waals surface area contributed by atoms with Crippen molar-refractivity contribution in [3.05, 3.63) is 23.8 Å². The molecular formula is C24H35NO11. The average molecular weight is 514 g/mol. The molecule has 0 spiro atoms. The van der Waals surface area contributed by atoms with E-state index in [1.165, 1.54) is 25.1 Å². The Morgan fingerprint density at radius 2 is 1.31 bits per heavy atom. The fourth-order valence-electron chi connectivity index (χ4n) is 2.52. The van der Waals surface area contributed by atoms with Gasteiger partial charge in [0, 0.05) is 0 Å². The zero-order valence-corrected chi connectivity index (χ0v) is 21.1. The minimum atomic E-state index is -1.08. The highest BCUT2D eigenvalue weighted by Crippen LogP contribution is 2.30. The molecule has 0 radical (unpaired) electrons. The van der Waals surface area contributed by atoms with E-state index in [4.69, 9.17) is 38.9 Å². The summed E-state index contributed by atoms with van der Waals surface area (Å²) in [6.07, 6.45) is -1.72. The Bertz CT molecular complexity index is 858. The number of carbonyl (C=O) groups is 4. The van der Waals surface area contributed by atoms with Crippen molar-refractivity contribution in [1.82, 2.24) is 0 Å². The van der Waals surface area contributed by atoms with Crippen molar-refractivity contribution in [1.29, 1.82) is 0 Å². The van der Waals surface area contributed by atoms with Crippen LogP contribution < -0.4 is 15.2 Å². The summed E-state index contributed by atoms with van der Waals surface area (Å²) in [5.41, 5.74) is 6.45. The fraction of sp³-hybridized carbons (Fsp3) is 0.583. The Morgan fingerprint density at radius 3 is 1.86 bits per heavy atom. The molecule has 2 atom stereocenters. The molecule has 0 saturated carbocycles. The topological polar surface area (TPSA) is 159 Å². The summed E-state index contributed by atoms with van der Waals surface area (Å²) in [4.78, 5) is 47.5. The SMILES string of the molecule is CCCOC(=O)OC[C@H](C)OC(=O)[C@@H](N)Cc1ccc(OC(=O)OCCC)c(OC(=O)OCCC)c1. The van der Waals surface area contributed by atoms with Crippen molar-refractivity contribution >= 4 is 24.4 Å². The standard InChI is InChI=1S/C24H35NO11/c1-5-10-30-22(27)33-15-16(4)34-21(26)18(25)13-17-8-9-19(35-23(28)31-11-6-2)20(14-17)36-24(29)32-12-7-3/h8-9,14,16,18H,5-7,10-13,15,25H2,1-4H3/t16-,18-/m0/s1. The molecule has 1 aromatic carbocycles. The Kier molecular flexibility index (Phi) is 14.4. The van der Waals surface area contributed by atoms with Crippen LogP contribution >= 0.6 is 0 Å². The van der Waals surface area contributed by atoms with Gasteiger partial charge in [-0.3, -0.25) is 4.79 Å². The van der Waals surface area contributed by atoms with Gasteiger partial charge in [0.25, 0.3) is 0 Å². The molecule has 0 amide bonds. The van der Waals surface area contributed by atoms with E-state index in [9.17, 15) is 19.2 Å². The summed E-state index contributed by atoms with van der Waals surface area (Å²) in [6, 6.07) is 3.22. The van der Waals surface area contributed by atoms with Gasteiger partial charge in [-0.25, -0.2) is 14.4 Å². The molecule has 1 rings (SSSR count). The Morgan fingerprint density at radius 1 is 0.778 bits per heavy atom. The van der Waals surface area contributed by atoms with E-state index >= 15 is 0 Å². The predicted molar refractivity (Wildman–Crippen MR) is 126 cm³/mol. The van der Waals surface area contributed by atoms with Gasteiger partial charge in [0.1, 0.15) is 18.8 Å². The van der Waals surface area contributed by atoms with Crippen LogP contribution in [0, 0.1) is 0 Å². The maximum absolute atomic E-state index is 12.4. The number of ether oxygens (including phenoxy) is 7. The van der Waals surface area contributed by atoms with Gasteiger partial charge < -0.3 is 38.9 Å². The second-order valence-corrected chi connectivity index (χ2v) is 7.65. The van der Waals surface area contributed by atoms with Gasteiger partial charge in [-0.2, -0.15) is 0 Å². The van der Waals surface area contributed by atoms with Crippen molar-refractivity contribution in [2.45, 2.75) is 65.5 Å². The molecule has 2 N–H and O–H groups in total. The van der Waals surface area contributed by atoms with Crippen molar-refractivity contribution in [3.8, 4) is 11.5 Å². The first-order valence-corrected chi connectivity index (χ1v) is 11.8. The predicted octanol–water partition coefficient (Wildman–Crippen LogP) is 3.90. The highest BCUT2D eigenvalue weighted by Gasteiger charge is 2.22. The second-order valence-electron chi connectivity index (χ2n) is 7.65. The summed E-state index contributed by atoms with van der Waals surface area (Å²) in [5.74, 6) is -0.929. The zero-order chi connectivity index (χ0) is 26.9. The minimum Gasteiger partial charge on any atom is -0.458 e. The summed E-state index contributed by atoms with van der Waals surface area (Å²) in [5, 5.41) is 0. The smallest absolute Gasteiger partial charge is 0.458 e. The van der Waals surface area contributed by atoms with Crippen molar-refractivity contribution in [3.63, 3.8) is 0 Å². The van der Waals surface area contributed by atoms with Crippen molar-refractivity contribution < 1.29 is 52.3 Å². The van der Waals surface area contributed by atoms with Gasteiger partial charge in [-0.1, -0.05) is 26.8 Å². The number of benzene rings is 1. The van der Waals surface area contributed by atoms with Crippen LogP contribution in [0.1, 0.15) is 52.5 Å². The highest BCUT2D eigenvalue weighted by atomic mass is 16.7. The molecule has 0 aliphatic heterocycles. The molecule has 0 aromatic heterocycles. The second kappa shape index (κ2) is 17.0. The quantitative estimate of drug-likeness (QED) is 0.217. The number of nitrogens with two attached hydrogens (primary N) is 1. The Hall–Kier alpha value is -3.54. The zero-order valence-electron chi connectivity index (χ0n) is 21.1. The Labute approximate surface area is 210 Å². The lowest BCUT2D eigenvalue weighted by Gasteiger charge is -2.17. The lowest BCUT2D eigenvalue weighted by atomic mass is 10.1. The molecule has 0 saturated heterocycles. The van der Waals surface area contributed by atoms with Crippen LogP contribution in [0.4, 0.5) is 14.4 Å². The van der Waals surface area contributed by atoms with Gasteiger partial charge in [0.2, 0.25) is 0 Å². The molecule has 12 heteroatoms. The first kappa shape index (κ1) is 30.5. The summed E-state index contributed by atoms with van der Waals surface area (Å²) < 4.78 is 34.9. The molecule has 202 valence electrons. The third-order valence-corrected chi connectivity index (χ3v) is 4.18. The third-order valence-electron chi connectivity index (χ3n) is 4.18. The van der Waals surface area contributed by atoms with Crippen LogP contribution in [0.3, 0.4) is 0 Å². The molecule has 0 fully saturated rings. The van der Waals surface area contributed by atoms with Gasteiger partial charge >= 0.3 is 24.4 Å². The molecule has 36 heavy (non-hydrogen) atoms. The molecule has 0 heterocycles. The van der Waals surface area contributed by atoms with Gasteiger partial charge in [0.15, 0.2) is 11.5 Å². The number of hydrogen-bond acceptors (Lipinski definition) is 12. The largest absolute Gasteiger partial charge is 0.513 e. The number of rotatable bonds is 14. The van der Waals surface area contributed by atoms with Crippen molar-refractivity contribution in [2.75, 3.05) is 26.4 Å². The maximum Gasteiger partial charge on any atom is 0.513 e. The van der Waals surface area contributed by atoms with E-state index in [1.807, 2.05) is 20.8 Å². The van der Waals surface area contributed by atoms with Gasteiger partial charge in [0.05, 0.1) is 19.8 Å². The number of esters is 1. The van der Waals surface area contributed by atoms with Crippen LogP contribution in [0.2, 0.25) is 0 Å². The van der Waals surface area contributed by atoms with Gasteiger partial charge in [-0.05, 0) is 50.3 Å². The minimum absolute atomic E-state index is 0.00583. The lowest BCUT2D eigenvalue weighted by molar-refractivity contribution is -0.152. The molecule has 0 unspecified atom stereocenters. The van der Waals surface area contributed by atoms with Crippen molar-refractivity contribution in [2.24, 2.45) is 5.73 Å². The monoisotopic (exact) mass is 513 g/mol. The average Bonchev–Trinajstić information content (AvgIpc) is 2.85. The summed E-state index contributed by atoms with van der Waals surface area (Å²) in [7, 11) is 0. The fourth-order valence-corrected chi connectivity index (χ4v) is 2.52. The van der Waals surface area contributed by atoms with E-state index in [0.29, 0.717) is 24.8 Å². The van der Waals surface area contributed by atoms with E-state index < -0.39 is 36.6 Å². The van der Waals surface area contributed by atoms with E-state index in [0.717, 1.165) is 0 Å². The molecule has 12 nitrogen and oxygen atoms in total. The summed E-state index contributed by atoms with van der Waals surface area (Å²) >= 11 is 0. The maximum atomic E-state index is 12.4. The van der Waals surface area contributed by atoms with Gasteiger partial charge in [-0.15, -0.1) is 0 Å². The first-order valence-electron chi connectivity index (χ1n) is 11.8. The van der Waals surface area contributed by atoms with Crippen LogP contribution in [0.5, 0.6) is 11.5 Å². The molecule has 0 aliphatic carbocycles. The molecular weight excluding hydrogens is 478 g/mol. The molecule has 1 aromatic rings. The number of carbonyl (C=O) groups excluding carboxylic acids is 4. The third kappa shape index (κ3) is 12.2. The Balaban J connectivity index is 2.80. The van der Waals surface area contributed by atoms with E-state index in [1.54, 1.807) is 0 Å². The molecule has 0 aliphatic rings. The van der Waals surface area contributed by atoms with Crippen LogP contribution in [-0.4, -0.2) is 63.0 Å². The number of hydrogen-bond donors (Lipinski definition) is 1. The van der Waals surface area contributed by atoms with Crippen LogP contribution in [0.15, 0.2) is 18.2 Å². The summed E-state index contributed by atoms with van der Waals surface area (Å²) in [6.45, 7) is 7.35. The molecule has 0 bridgehead atoms. The normalized spacial score (nSPS) is 12.0.